The highest BCUT2D eigenvalue weighted by Gasteiger charge is 2.33. The van der Waals surface area contributed by atoms with Gasteiger partial charge in [0.25, 0.3) is 0 Å². The van der Waals surface area contributed by atoms with Gasteiger partial charge in [-0.1, -0.05) is 24.6 Å². The quantitative estimate of drug-likeness (QED) is 0.416. The molecule has 1 aliphatic rings. The molecule has 0 spiro atoms. The zero-order valence-corrected chi connectivity index (χ0v) is 21.6. The van der Waals surface area contributed by atoms with E-state index in [0.29, 0.717) is 55.1 Å². The van der Waals surface area contributed by atoms with E-state index in [9.17, 15) is 5.11 Å². The fourth-order valence-corrected chi connectivity index (χ4v) is 4.39. The maximum atomic E-state index is 11.2. The van der Waals surface area contributed by atoms with Gasteiger partial charge in [-0.15, -0.1) is 0 Å². The zero-order chi connectivity index (χ0) is 25.4. The number of aromatic nitrogens is 2. The normalized spacial score (nSPS) is 18.6. The van der Waals surface area contributed by atoms with Gasteiger partial charge in [-0.05, 0) is 42.0 Å². The van der Waals surface area contributed by atoms with Crippen LogP contribution < -0.4 is 14.2 Å². The molecule has 0 aliphatic carbocycles. The molecule has 1 N–H and O–H groups in total. The predicted molar refractivity (Wildman–Crippen MR) is 138 cm³/mol. The van der Waals surface area contributed by atoms with E-state index < -0.39 is 5.60 Å². The summed E-state index contributed by atoms with van der Waals surface area (Å²) >= 11 is 5.94. The molecule has 194 valence electrons. The van der Waals surface area contributed by atoms with Crippen LogP contribution in [0.1, 0.15) is 18.3 Å². The van der Waals surface area contributed by atoms with Gasteiger partial charge >= 0.3 is 0 Å². The van der Waals surface area contributed by atoms with Gasteiger partial charge in [0.15, 0.2) is 11.5 Å². The van der Waals surface area contributed by atoms with Crippen molar-refractivity contribution in [2.75, 3.05) is 46.6 Å². The van der Waals surface area contributed by atoms with Crippen molar-refractivity contribution < 1.29 is 24.1 Å². The summed E-state index contributed by atoms with van der Waals surface area (Å²) in [4.78, 5) is 6.51. The molecule has 9 heteroatoms. The Morgan fingerprint density at radius 3 is 2.75 bits per heavy atom. The largest absolute Gasteiger partial charge is 0.493 e. The summed E-state index contributed by atoms with van der Waals surface area (Å²) in [7, 11) is 1.64. The van der Waals surface area contributed by atoms with Crippen molar-refractivity contribution in [1.29, 1.82) is 0 Å². The Balaban J connectivity index is 1.34. The highest BCUT2D eigenvalue weighted by atomic mass is 35.5. The first-order valence-corrected chi connectivity index (χ1v) is 12.6. The number of methoxy groups -OCH3 is 1. The Morgan fingerprint density at radius 1 is 1.14 bits per heavy atom. The summed E-state index contributed by atoms with van der Waals surface area (Å²) in [5.41, 5.74) is -0.0709. The van der Waals surface area contributed by atoms with Crippen LogP contribution in [0.2, 0.25) is 5.02 Å². The summed E-state index contributed by atoms with van der Waals surface area (Å²) in [6, 6.07) is 13.0. The van der Waals surface area contributed by atoms with E-state index in [1.165, 1.54) is 0 Å². The van der Waals surface area contributed by atoms with E-state index in [-0.39, 0.29) is 13.2 Å². The molecular weight excluding hydrogens is 482 g/mol. The van der Waals surface area contributed by atoms with Gasteiger partial charge < -0.3 is 28.6 Å². The van der Waals surface area contributed by atoms with Crippen LogP contribution in [-0.2, 0) is 24.2 Å². The summed E-state index contributed by atoms with van der Waals surface area (Å²) in [6.45, 7) is 5.96. The molecular formula is C27H34ClN3O5. The van der Waals surface area contributed by atoms with E-state index in [1.807, 2.05) is 30.6 Å². The number of rotatable bonds is 11. The van der Waals surface area contributed by atoms with Crippen LogP contribution in [0.3, 0.4) is 0 Å². The molecule has 1 aromatic heterocycles. The van der Waals surface area contributed by atoms with Crippen LogP contribution >= 0.6 is 11.6 Å². The number of ether oxygens (including phenoxy) is 4. The molecule has 1 atom stereocenters. The predicted octanol–water partition coefficient (Wildman–Crippen LogP) is 3.83. The molecule has 4 rings (SSSR count). The lowest BCUT2D eigenvalue weighted by Crippen LogP contribution is -2.48. The number of halogens is 1. The lowest BCUT2D eigenvalue weighted by molar-refractivity contribution is -0.0646. The topological polar surface area (TPSA) is 78.2 Å². The van der Waals surface area contributed by atoms with Crippen molar-refractivity contribution in [2.24, 2.45) is 0 Å². The van der Waals surface area contributed by atoms with Crippen LogP contribution in [0, 0.1) is 0 Å². The van der Waals surface area contributed by atoms with Crippen LogP contribution in [0.4, 0.5) is 0 Å². The summed E-state index contributed by atoms with van der Waals surface area (Å²) in [6.07, 6.45) is 4.66. The third-order valence-electron chi connectivity index (χ3n) is 6.10. The van der Waals surface area contributed by atoms with Crippen molar-refractivity contribution in [2.45, 2.75) is 32.0 Å². The van der Waals surface area contributed by atoms with Gasteiger partial charge in [-0.25, -0.2) is 4.98 Å². The fraction of sp³-hybridized carbons (Fsp3) is 0.444. The minimum absolute atomic E-state index is 0.123. The Labute approximate surface area is 217 Å². The molecule has 0 saturated carbocycles. The number of benzene rings is 2. The molecule has 2 aromatic carbocycles. The van der Waals surface area contributed by atoms with Gasteiger partial charge in [0, 0.05) is 43.5 Å². The fourth-order valence-electron chi connectivity index (χ4n) is 4.27. The summed E-state index contributed by atoms with van der Waals surface area (Å²) < 4.78 is 25.2. The van der Waals surface area contributed by atoms with Crippen molar-refractivity contribution in [3.05, 3.63) is 71.3 Å². The number of nitrogens with zero attached hydrogens (tertiary/aromatic N) is 3. The van der Waals surface area contributed by atoms with Gasteiger partial charge in [0.2, 0.25) is 0 Å². The van der Waals surface area contributed by atoms with E-state index in [0.717, 1.165) is 24.4 Å². The number of imidazole rings is 1. The number of aryl methyl sites for hydroxylation is 1. The average molecular weight is 516 g/mol. The number of β-amino-alcohol motifs (C(OH)–C–C–N with tert-alkyl or cyclic N) is 1. The summed E-state index contributed by atoms with van der Waals surface area (Å²) in [5, 5.41) is 11.8. The lowest BCUT2D eigenvalue weighted by atomic mass is 10.1. The van der Waals surface area contributed by atoms with E-state index >= 15 is 0 Å². The first-order valence-electron chi connectivity index (χ1n) is 12.2. The molecule has 0 bridgehead atoms. The SMILES string of the molecule is CCc1nccn1CCOc1ccc(CN2CCOC[C@](O)(COc3ccc(Cl)cc3)C2)cc1OC. The Hall–Kier alpha value is -2.78. The first-order chi connectivity index (χ1) is 17.5. The third kappa shape index (κ3) is 7.13. The second kappa shape index (κ2) is 12.5. The average Bonchev–Trinajstić information content (AvgIpc) is 3.26. The number of hydrogen-bond donors (Lipinski definition) is 1. The first kappa shape index (κ1) is 26.3. The molecule has 1 fully saturated rings. The molecule has 2 heterocycles. The third-order valence-corrected chi connectivity index (χ3v) is 6.36. The Kier molecular flexibility index (Phi) is 9.09. The molecule has 1 saturated heterocycles. The number of hydrogen-bond acceptors (Lipinski definition) is 7. The number of aliphatic hydroxyl groups is 1. The Bertz CT molecular complexity index is 1110. The minimum Gasteiger partial charge on any atom is -0.493 e. The molecule has 8 nitrogen and oxygen atoms in total. The monoisotopic (exact) mass is 515 g/mol. The van der Waals surface area contributed by atoms with Crippen LogP contribution in [-0.4, -0.2) is 71.8 Å². The molecule has 3 aromatic rings. The van der Waals surface area contributed by atoms with Crippen LogP contribution in [0.5, 0.6) is 17.2 Å². The lowest BCUT2D eigenvalue weighted by Gasteiger charge is -2.30. The van der Waals surface area contributed by atoms with Gasteiger partial charge in [0.1, 0.15) is 30.4 Å². The van der Waals surface area contributed by atoms with Gasteiger partial charge in [-0.3, -0.25) is 4.90 Å². The standard InChI is InChI=1S/C27H34ClN3O5/c1-3-26-29-10-11-31(26)13-15-35-24-9-4-21(16-25(24)33-2)17-30-12-14-34-19-27(32,18-30)20-36-23-7-5-22(28)6-8-23/h4-11,16,32H,3,12-15,17-20H2,1-2H3/t27-/m0/s1. The molecule has 36 heavy (non-hydrogen) atoms. The van der Waals surface area contributed by atoms with Gasteiger partial charge in [0.05, 0.1) is 26.9 Å². The smallest absolute Gasteiger partial charge is 0.161 e. The maximum Gasteiger partial charge on any atom is 0.161 e. The van der Waals surface area contributed by atoms with E-state index in [4.69, 9.17) is 30.5 Å². The van der Waals surface area contributed by atoms with E-state index in [2.05, 4.69) is 21.4 Å². The minimum atomic E-state index is -1.13. The molecule has 0 radical (unpaired) electrons. The molecule has 0 unspecified atom stereocenters. The van der Waals surface area contributed by atoms with Crippen molar-refractivity contribution in [1.82, 2.24) is 14.5 Å². The van der Waals surface area contributed by atoms with E-state index in [1.54, 1.807) is 31.4 Å². The van der Waals surface area contributed by atoms with Crippen LogP contribution in [0.15, 0.2) is 54.9 Å². The second-order valence-corrected chi connectivity index (χ2v) is 9.39. The van der Waals surface area contributed by atoms with Crippen molar-refractivity contribution >= 4 is 11.6 Å². The van der Waals surface area contributed by atoms with Crippen molar-refractivity contribution in [3.63, 3.8) is 0 Å². The van der Waals surface area contributed by atoms with Crippen molar-refractivity contribution in [3.8, 4) is 17.2 Å². The summed E-state index contributed by atoms with van der Waals surface area (Å²) in [5.74, 6) is 3.08. The van der Waals surface area contributed by atoms with Gasteiger partial charge in [-0.2, -0.15) is 0 Å². The molecule has 0 amide bonds. The highest BCUT2D eigenvalue weighted by Crippen LogP contribution is 2.29. The zero-order valence-electron chi connectivity index (χ0n) is 20.9. The molecule has 1 aliphatic heterocycles. The second-order valence-electron chi connectivity index (χ2n) is 8.95. The maximum absolute atomic E-state index is 11.2. The van der Waals surface area contributed by atoms with Crippen LogP contribution in [0.25, 0.3) is 0 Å². The Morgan fingerprint density at radius 2 is 1.97 bits per heavy atom. The highest BCUT2D eigenvalue weighted by molar-refractivity contribution is 6.30.